The molecule has 1 aromatic rings. The second kappa shape index (κ2) is 9.62. The highest BCUT2D eigenvalue weighted by Gasteiger charge is 2.36. The van der Waals surface area contributed by atoms with Crippen LogP contribution in [0.3, 0.4) is 0 Å². The number of piperidine rings is 1. The number of piperazine rings is 1. The molecule has 30 heavy (non-hydrogen) atoms. The van der Waals surface area contributed by atoms with Gasteiger partial charge in [0, 0.05) is 44.2 Å². The van der Waals surface area contributed by atoms with E-state index in [9.17, 15) is 13.2 Å². The maximum absolute atomic E-state index is 13.0. The topological polar surface area (TPSA) is 60.9 Å². The number of benzene rings is 1. The molecule has 0 spiro atoms. The van der Waals surface area contributed by atoms with Gasteiger partial charge in [-0.1, -0.05) is 43.2 Å². The first-order valence-corrected chi connectivity index (χ1v) is 12.8. The average molecular weight is 432 g/mol. The maximum atomic E-state index is 13.0. The summed E-state index contributed by atoms with van der Waals surface area (Å²) in [6.07, 6.45) is 8.98. The maximum Gasteiger partial charge on any atom is 0.237 e. The van der Waals surface area contributed by atoms with Gasteiger partial charge < -0.3 is 4.90 Å². The molecule has 2 saturated heterocycles. The van der Waals surface area contributed by atoms with Crippen molar-refractivity contribution >= 4 is 22.0 Å². The molecule has 1 aliphatic carbocycles. The van der Waals surface area contributed by atoms with Crippen molar-refractivity contribution in [2.45, 2.75) is 44.6 Å². The molecule has 2 heterocycles. The lowest BCUT2D eigenvalue weighted by atomic mass is 9.78. The normalized spacial score (nSPS) is 26.6. The number of nitrogens with zero attached hydrogens (tertiary/aromatic N) is 3. The number of sulfonamides is 1. The Morgan fingerprint density at radius 2 is 1.63 bits per heavy atom. The quantitative estimate of drug-likeness (QED) is 0.719. The first-order chi connectivity index (χ1) is 14.5. The molecule has 7 heteroatoms. The Bertz CT molecular complexity index is 846. The monoisotopic (exact) mass is 431 g/mol. The van der Waals surface area contributed by atoms with E-state index < -0.39 is 10.0 Å². The highest BCUT2D eigenvalue weighted by molar-refractivity contribution is 7.92. The van der Waals surface area contributed by atoms with Gasteiger partial charge in [0.25, 0.3) is 0 Å². The van der Waals surface area contributed by atoms with Gasteiger partial charge in [-0.05, 0) is 43.2 Å². The Balaban J connectivity index is 1.29. The zero-order chi connectivity index (χ0) is 21.0. The first-order valence-electron chi connectivity index (χ1n) is 11.3. The van der Waals surface area contributed by atoms with Crippen LogP contribution in [-0.2, 0) is 14.8 Å². The first kappa shape index (κ1) is 21.5. The van der Waals surface area contributed by atoms with E-state index in [-0.39, 0.29) is 5.91 Å². The molecule has 1 saturated carbocycles. The molecule has 4 rings (SSSR count). The lowest BCUT2D eigenvalue weighted by molar-refractivity contribution is -0.139. The van der Waals surface area contributed by atoms with E-state index in [2.05, 4.69) is 9.80 Å². The van der Waals surface area contributed by atoms with Crippen LogP contribution in [0.15, 0.2) is 35.7 Å². The molecule has 2 aliphatic heterocycles. The zero-order valence-electron chi connectivity index (χ0n) is 17.7. The molecule has 164 valence electrons. The minimum Gasteiger partial charge on any atom is -0.338 e. The van der Waals surface area contributed by atoms with Gasteiger partial charge in [0.2, 0.25) is 15.9 Å². The molecular formula is C23H33N3O3S. The minimum absolute atomic E-state index is 0.229. The molecule has 2 atom stereocenters. The van der Waals surface area contributed by atoms with E-state index in [4.69, 9.17) is 0 Å². The van der Waals surface area contributed by atoms with Crippen molar-refractivity contribution < 1.29 is 13.2 Å². The molecule has 0 bridgehead atoms. The second-order valence-electron chi connectivity index (χ2n) is 8.77. The lowest BCUT2D eigenvalue weighted by Crippen LogP contribution is -2.55. The molecule has 0 aromatic heterocycles. The summed E-state index contributed by atoms with van der Waals surface area (Å²) in [5.74, 6) is 0.918. The van der Waals surface area contributed by atoms with E-state index in [1.165, 1.54) is 35.4 Å². The SMILES string of the molecule is O=C(CN1CCN(S(=O)(=O)/C=C/c2ccccc2)CC1)N1CCC[C@H]2CCCC[C@H]21. The summed E-state index contributed by atoms with van der Waals surface area (Å²) in [5, 5.41) is 1.29. The number of carbonyl (C=O) groups is 1. The molecule has 3 fully saturated rings. The van der Waals surface area contributed by atoms with Gasteiger partial charge in [0.1, 0.15) is 0 Å². The van der Waals surface area contributed by atoms with Gasteiger partial charge in [-0.25, -0.2) is 8.42 Å². The largest absolute Gasteiger partial charge is 0.338 e. The van der Waals surface area contributed by atoms with Crippen molar-refractivity contribution in [2.24, 2.45) is 5.92 Å². The van der Waals surface area contributed by atoms with Crippen LogP contribution < -0.4 is 0 Å². The van der Waals surface area contributed by atoms with Crippen molar-refractivity contribution in [2.75, 3.05) is 39.3 Å². The van der Waals surface area contributed by atoms with Crippen LogP contribution in [-0.4, -0.2) is 73.7 Å². The fraction of sp³-hybridized carbons (Fsp3) is 0.609. The van der Waals surface area contributed by atoms with Crippen molar-refractivity contribution in [1.29, 1.82) is 0 Å². The summed E-state index contributed by atoms with van der Waals surface area (Å²) in [7, 11) is -3.44. The number of hydrogen-bond donors (Lipinski definition) is 0. The smallest absolute Gasteiger partial charge is 0.237 e. The highest BCUT2D eigenvalue weighted by atomic mass is 32.2. The molecule has 0 unspecified atom stereocenters. The Kier molecular flexibility index (Phi) is 6.91. The van der Waals surface area contributed by atoms with Crippen LogP contribution in [0.5, 0.6) is 0 Å². The molecule has 0 radical (unpaired) electrons. The van der Waals surface area contributed by atoms with Crippen LogP contribution >= 0.6 is 0 Å². The predicted molar refractivity (Wildman–Crippen MR) is 119 cm³/mol. The van der Waals surface area contributed by atoms with E-state index in [1.54, 1.807) is 6.08 Å². The van der Waals surface area contributed by atoms with Gasteiger partial charge >= 0.3 is 0 Å². The summed E-state index contributed by atoms with van der Waals surface area (Å²) < 4.78 is 26.8. The zero-order valence-corrected chi connectivity index (χ0v) is 18.5. The van der Waals surface area contributed by atoms with Gasteiger partial charge in [-0.3, -0.25) is 9.69 Å². The van der Waals surface area contributed by atoms with Crippen LogP contribution in [0.25, 0.3) is 6.08 Å². The number of likely N-dealkylation sites (tertiary alicyclic amines) is 1. The lowest BCUT2D eigenvalue weighted by Gasteiger charge is -2.45. The van der Waals surface area contributed by atoms with Crippen LogP contribution in [0.2, 0.25) is 0 Å². The summed E-state index contributed by atoms with van der Waals surface area (Å²) in [4.78, 5) is 17.3. The average Bonchev–Trinajstić information content (AvgIpc) is 2.78. The number of amides is 1. The summed E-state index contributed by atoms with van der Waals surface area (Å²) >= 11 is 0. The summed E-state index contributed by atoms with van der Waals surface area (Å²) in [5.41, 5.74) is 0.868. The molecule has 1 amide bonds. The van der Waals surface area contributed by atoms with Gasteiger partial charge in [-0.15, -0.1) is 0 Å². The fourth-order valence-corrected chi connectivity index (χ4v) is 6.35. The Labute approximate surface area is 180 Å². The van der Waals surface area contributed by atoms with Gasteiger partial charge in [0.05, 0.1) is 6.54 Å². The number of carbonyl (C=O) groups excluding carboxylic acids is 1. The van der Waals surface area contributed by atoms with Crippen LogP contribution in [0.4, 0.5) is 0 Å². The highest BCUT2D eigenvalue weighted by Crippen LogP contribution is 2.35. The van der Waals surface area contributed by atoms with E-state index in [0.29, 0.717) is 44.7 Å². The van der Waals surface area contributed by atoms with Crippen LogP contribution in [0.1, 0.15) is 44.1 Å². The van der Waals surface area contributed by atoms with Crippen molar-refractivity contribution in [3.8, 4) is 0 Å². The second-order valence-corrected chi connectivity index (χ2v) is 10.6. The van der Waals surface area contributed by atoms with Gasteiger partial charge in [-0.2, -0.15) is 4.31 Å². The Hall–Kier alpha value is -1.70. The third-order valence-corrected chi connectivity index (χ3v) is 8.41. The molecule has 1 aromatic carbocycles. The van der Waals surface area contributed by atoms with Crippen molar-refractivity contribution in [3.05, 3.63) is 41.3 Å². The van der Waals surface area contributed by atoms with E-state index in [0.717, 1.165) is 24.9 Å². The van der Waals surface area contributed by atoms with Crippen LogP contribution in [0, 0.1) is 5.92 Å². The fourth-order valence-electron chi connectivity index (χ4n) is 5.17. The van der Waals surface area contributed by atoms with Gasteiger partial charge in [0.15, 0.2) is 0 Å². The Morgan fingerprint density at radius 3 is 2.40 bits per heavy atom. The molecule has 0 N–H and O–H groups in total. The van der Waals surface area contributed by atoms with E-state index in [1.807, 2.05) is 30.3 Å². The molecule has 6 nitrogen and oxygen atoms in total. The third-order valence-electron chi connectivity index (χ3n) is 6.85. The number of hydrogen-bond acceptors (Lipinski definition) is 4. The predicted octanol–water partition coefficient (Wildman–Crippen LogP) is 2.79. The Morgan fingerprint density at radius 1 is 0.933 bits per heavy atom. The standard InChI is InChI=1S/C23H33N3O3S/c27-23(26-13-6-10-21-9-4-5-11-22(21)26)19-24-14-16-25(17-15-24)30(28,29)18-12-20-7-2-1-3-8-20/h1-3,7-8,12,18,21-22H,4-6,9-11,13-17,19H2/b18-12+/t21-,22-/m1/s1. The number of rotatable bonds is 5. The van der Waals surface area contributed by atoms with E-state index >= 15 is 0 Å². The third kappa shape index (κ3) is 5.13. The summed E-state index contributed by atoms with van der Waals surface area (Å²) in [6, 6.07) is 9.88. The minimum atomic E-state index is -3.44. The van der Waals surface area contributed by atoms with Crippen molar-refractivity contribution in [1.82, 2.24) is 14.1 Å². The number of fused-ring (bicyclic) bond motifs is 1. The van der Waals surface area contributed by atoms with Crippen molar-refractivity contribution in [3.63, 3.8) is 0 Å². The molecular weight excluding hydrogens is 398 g/mol. The summed E-state index contributed by atoms with van der Waals surface area (Å²) in [6.45, 7) is 3.37. The molecule has 3 aliphatic rings.